The van der Waals surface area contributed by atoms with Gasteiger partial charge in [-0.2, -0.15) is 8.61 Å². The Kier molecular flexibility index (Phi) is 21.2. The van der Waals surface area contributed by atoms with Crippen LogP contribution >= 0.6 is 0 Å². The fourth-order valence-electron chi connectivity index (χ4n) is 7.57. The first-order chi connectivity index (χ1) is 33.7. The molecule has 6 aromatic rings. The van der Waals surface area contributed by atoms with Gasteiger partial charge in [-0.1, -0.05) is 60.7 Å². The molecule has 2 atom stereocenters. The molecule has 376 valence electrons. The minimum absolute atomic E-state index is 0.239. The third kappa shape index (κ3) is 16.4. The Balaban J connectivity index is 0.000000261. The molecule has 0 spiro atoms. The summed E-state index contributed by atoms with van der Waals surface area (Å²) in [5, 5.41) is 14.5. The monoisotopic (exact) mass is 998 g/mol. The Labute approximate surface area is 413 Å². The lowest BCUT2D eigenvalue weighted by Gasteiger charge is -2.28. The van der Waals surface area contributed by atoms with Crippen molar-refractivity contribution in [1.29, 1.82) is 0 Å². The first-order valence-corrected chi connectivity index (χ1v) is 26.0. The van der Waals surface area contributed by atoms with Crippen molar-refractivity contribution in [1.82, 2.24) is 29.0 Å². The van der Waals surface area contributed by atoms with E-state index in [1.807, 2.05) is 97.1 Å². The van der Waals surface area contributed by atoms with E-state index in [9.17, 15) is 16.8 Å². The molecule has 0 radical (unpaired) electrons. The molecular formula is C52H66N6O10S2. The van der Waals surface area contributed by atoms with Crippen molar-refractivity contribution in [3.05, 3.63) is 168 Å². The number of aryl methyl sites for hydroxylation is 4. The largest absolute Gasteiger partial charge is 0.497 e. The number of benzene rings is 4. The molecule has 0 fully saturated rings. The van der Waals surface area contributed by atoms with Crippen LogP contribution in [0, 0.1) is 13.8 Å². The predicted molar refractivity (Wildman–Crippen MR) is 269 cm³/mol. The third-order valence-corrected chi connectivity index (χ3v) is 16.1. The summed E-state index contributed by atoms with van der Waals surface area (Å²) in [6.07, 6.45) is 7.12. The van der Waals surface area contributed by atoms with E-state index in [1.54, 1.807) is 63.0 Å². The fraction of sp³-hybridized carbons (Fsp3) is 0.385. The predicted octanol–water partition coefficient (Wildman–Crippen LogP) is 9.39. The van der Waals surface area contributed by atoms with Gasteiger partial charge >= 0.3 is 0 Å². The molecule has 70 heavy (non-hydrogen) atoms. The molecule has 0 bridgehead atoms. The zero-order valence-electron chi connectivity index (χ0n) is 41.0. The van der Waals surface area contributed by atoms with E-state index in [2.05, 4.69) is 33.6 Å². The van der Waals surface area contributed by atoms with Gasteiger partial charge in [0.2, 0.25) is 43.6 Å². The summed E-state index contributed by atoms with van der Waals surface area (Å²) in [6.45, 7) is 11.9. The molecule has 0 saturated heterocycles. The van der Waals surface area contributed by atoms with Gasteiger partial charge in [0, 0.05) is 52.9 Å². The van der Waals surface area contributed by atoms with Crippen LogP contribution in [0.15, 0.2) is 131 Å². The highest BCUT2D eigenvalue weighted by molar-refractivity contribution is 7.90. The summed E-state index contributed by atoms with van der Waals surface area (Å²) in [7, 11) is -0.980. The van der Waals surface area contributed by atoms with Crippen LogP contribution in [0.3, 0.4) is 0 Å². The molecule has 2 heterocycles. The van der Waals surface area contributed by atoms with Crippen LogP contribution < -0.4 is 18.9 Å². The number of sulfonamides is 2. The Bertz CT molecular complexity index is 2440. The van der Waals surface area contributed by atoms with E-state index in [1.165, 1.54) is 0 Å². The molecule has 6 rings (SSSR count). The number of hydrogen-bond acceptors (Lipinski definition) is 14. The van der Waals surface area contributed by atoms with E-state index >= 15 is 0 Å². The van der Waals surface area contributed by atoms with Crippen molar-refractivity contribution in [3.8, 4) is 23.0 Å². The summed E-state index contributed by atoms with van der Waals surface area (Å²) in [5.41, 5.74) is 3.49. The van der Waals surface area contributed by atoms with Gasteiger partial charge in [0.25, 0.3) is 0 Å². The first kappa shape index (κ1) is 54.6. The number of hydrogen-bond donors (Lipinski definition) is 0. The van der Waals surface area contributed by atoms with Gasteiger partial charge < -0.3 is 27.8 Å². The third-order valence-electron chi connectivity index (χ3n) is 11.5. The summed E-state index contributed by atoms with van der Waals surface area (Å²) >= 11 is 0. The van der Waals surface area contributed by atoms with Crippen LogP contribution in [-0.2, 0) is 59.1 Å². The van der Waals surface area contributed by atoms with Gasteiger partial charge in [0.1, 0.15) is 23.0 Å². The second kappa shape index (κ2) is 27.2. The van der Waals surface area contributed by atoms with E-state index in [4.69, 9.17) is 27.8 Å². The molecular weight excluding hydrogens is 933 g/mol. The molecule has 0 unspecified atom stereocenters. The van der Waals surface area contributed by atoms with Crippen LogP contribution in [0.2, 0.25) is 0 Å². The van der Waals surface area contributed by atoms with Crippen molar-refractivity contribution >= 4 is 20.0 Å². The van der Waals surface area contributed by atoms with E-state index in [0.717, 1.165) is 45.3 Å². The molecule has 0 aliphatic rings. The van der Waals surface area contributed by atoms with Gasteiger partial charge in [-0.15, -0.1) is 33.6 Å². The lowest BCUT2D eigenvalue weighted by atomic mass is 10.1. The van der Waals surface area contributed by atoms with Crippen molar-refractivity contribution < 1.29 is 44.6 Å². The molecule has 18 heteroatoms. The molecule has 0 amide bonds. The van der Waals surface area contributed by atoms with Crippen molar-refractivity contribution in [2.45, 2.75) is 102 Å². The summed E-state index contributed by atoms with van der Waals surface area (Å²) in [6, 6.07) is 29.7. The van der Waals surface area contributed by atoms with E-state index in [-0.39, 0.29) is 26.2 Å². The van der Waals surface area contributed by atoms with Crippen LogP contribution in [0.4, 0.5) is 0 Å². The molecule has 0 N–H and O–H groups in total. The van der Waals surface area contributed by atoms with Crippen LogP contribution in [0.5, 0.6) is 23.0 Å². The smallest absolute Gasteiger partial charge is 0.217 e. The second-order valence-electron chi connectivity index (χ2n) is 16.5. The van der Waals surface area contributed by atoms with Gasteiger partial charge in [-0.05, 0) is 109 Å². The lowest BCUT2D eigenvalue weighted by molar-refractivity contribution is 0.383. The quantitative estimate of drug-likeness (QED) is 0.0423. The van der Waals surface area contributed by atoms with Crippen LogP contribution in [0.25, 0.3) is 0 Å². The Morgan fingerprint density at radius 1 is 0.471 bits per heavy atom. The highest BCUT2D eigenvalue weighted by atomic mass is 32.2. The number of allylic oxidation sites excluding steroid dienone is 2. The summed E-state index contributed by atoms with van der Waals surface area (Å²) in [4.78, 5) is 0. The zero-order chi connectivity index (χ0) is 50.5. The van der Waals surface area contributed by atoms with Crippen molar-refractivity contribution in [2.75, 3.05) is 28.4 Å². The number of nitrogens with zero attached hydrogens (tertiary/aromatic N) is 6. The SMILES string of the molecule is C=CCC[C@@H](CCc1nnc(C)o1)S(=O)(=O)N(Cc1ccc(OC)cc1)Cc1ccc(OC)cc1.C=CCC[C@H](CCc1nnc(C)o1)S(=O)(=O)N(Cc1ccc(OC)cc1)Cc1ccc(OC)cc1. The number of methoxy groups -OCH3 is 4. The fourth-order valence-corrected chi connectivity index (χ4v) is 11.4. The molecule has 0 aliphatic carbocycles. The standard InChI is InChI=1S/2C26H33N3O5S/c2*1-5-6-7-25(16-17-26-28-27-20(2)34-26)35(30,31)29(18-21-8-12-23(32-3)13-9-21)19-22-10-14-24(33-4)15-11-22/h2*5,8-15,25H,1,6-7,16-19H2,2-4H3/t2*25-/m10/s1. The van der Waals surface area contributed by atoms with Crippen LogP contribution in [0.1, 0.15) is 84.3 Å². The number of ether oxygens (including phenoxy) is 4. The maximum atomic E-state index is 14.0. The van der Waals surface area contributed by atoms with E-state index in [0.29, 0.717) is 74.9 Å². The molecule has 2 aromatic heterocycles. The average molecular weight is 999 g/mol. The summed E-state index contributed by atoms with van der Waals surface area (Å²) < 4.78 is 91.0. The Morgan fingerprint density at radius 2 is 0.743 bits per heavy atom. The van der Waals surface area contributed by atoms with E-state index < -0.39 is 30.5 Å². The van der Waals surface area contributed by atoms with Gasteiger partial charge in [0.05, 0.1) is 38.9 Å². The highest BCUT2D eigenvalue weighted by Crippen LogP contribution is 2.28. The number of aromatic nitrogens is 4. The van der Waals surface area contributed by atoms with Crippen molar-refractivity contribution in [2.24, 2.45) is 0 Å². The normalized spacial score (nSPS) is 12.5. The summed E-state index contributed by atoms with van der Waals surface area (Å²) in [5.74, 6) is 4.69. The second-order valence-corrected chi connectivity index (χ2v) is 20.9. The maximum Gasteiger partial charge on any atom is 0.217 e. The Morgan fingerprint density at radius 3 is 0.957 bits per heavy atom. The van der Waals surface area contributed by atoms with Crippen molar-refractivity contribution in [3.63, 3.8) is 0 Å². The van der Waals surface area contributed by atoms with Gasteiger partial charge in [0.15, 0.2) is 0 Å². The molecule has 16 nitrogen and oxygen atoms in total. The first-order valence-electron chi connectivity index (χ1n) is 23.0. The molecule has 0 saturated carbocycles. The van der Waals surface area contributed by atoms with Gasteiger partial charge in [-0.25, -0.2) is 16.8 Å². The Hall–Kier alpha value is -6.34. The number of rotatable bonds is 28. The topological polar surface area (TPSA) is 190 Å². The minimum atomic E-state index is -3.69. The van der Waals surface area contributed by atoms with Gasteiger partial charge in [-0.3, -0.25) is 0 Å². The maximum absolute atomic E-state index is 14.0. The zero-order valence-corrected chi connectivity index (χ0v) is 42.7. The lowest BCUT2D eigenvalue weighted by Crippen LogP contribution is -2.38. The van der Waals surface area contributed by atoms with Crippen LogP contribution in [-0.4, -0.2) is 84.8 Å². The molecule has 4 aromatic carbocycles. The minimum Gasteiger partial charge on any atom is -0.497 e. The highest BCUT2D eigenvalue weighted by Gasteiger charge is 2.34. The average Bonchev–Trinajstić information content (AvgIpc) is 4.00. The molecule has 0 aliphatic heterocycles.